The standard InChI is InChI=1S/C12H24N4O/c1-14-4-2-11(3-5-14)15-6-7-17-12(8-15)9-16(13)10-12/h11H,2-10,13H2,1H3. The van der Waals surface area contributed by atoms with Crippen molar-refractivity contribution < 1.29 is 4.74 Å². The highest BCUT2D eigenvalue weighted by molar-refractivity contribution is 5.00. The van der Waals surface area contributed by atoms with Gasteiger partial charge in [-0.1, -0.05) is 0 Å². The maximum Gasteiger partial charge on any atom is 0.109 e. The number of morpholine rings is 1. The van der Waals surface area contributed by atoms with Gasteiger partial charge < -0.3 is 9.64 Å². The smallest absolute Gasteiger partial charge is 0.109 e. The van der Waals surface area contributed by atoms with E-state index in [0.717, 1.165) is 38.8 Å². The van der Waals surface area contributed by atoms with Gasteiger partial charge in [0.25, 0.3) is 0 Å². The van der Waals surface area contributed by atoms with Gasteiger partial charge in [-0.05, 0) is 33.0 Å². The second-order valence-electron chi connectivity index (χ2n) is 5.94. The van der Waals surface area contributed by atoms with Crippen LogP contribution in [0.5, 0.6) is 0 Å². The van der Waals surface area contributed by atoms with Crippen LogP contribution in [0, 0.1) is 0 Å². The molecule has 0 saturated carbocycles. The molecule has 3 fully saturated rings. The van der Waals surface area contributed by atoms with Crippen molar-refractivity contribution in [1.82, 2.24) is 14.8 Å². The molecule has 0 unspecified atom stereocenters. The first-order chi connectivity index (χ1) is 8.17. The zero-order chi connectivity index (χ0) is 11.9. The molecule has 0 amide bonds. The molecule has 3 aliphatic heterocycles. The summed E-state index contributed by atoms with van der Waals surface area (Å²) in [6.07, 6.45) is 2.61. The van der Waals surface area contributed by atoms with Gasteiger partial charge in [0.05, 0.1) is 6.61 Å². The first kappa shape index (κ1) is 11.9. The van der Waals surface area contributed by atoms with Crippen LogP contribution in [0.2, 0.25) is 0 Å². The van der Waals surface area contributed by atoms with E-state index in [1.54, 1.807) is 0 Å². The third kappa shape index (κ3) is 2.35. The summed E-state index contributed by atoms with van der Waals surface area (Å²) in [6.45, 7) is 7.32. The molecule has 5 nitrogen and oxygen atoms in total. The highest BCUT2D eigenvalue weighted by atomic mass is 16.5. The molecule has 3 saturated heterocycles. The summed E-state index contributed by atoms with van der Waals surface area (Å²) >= 11 is 0. The van der Waals surface area contributed by atoms with E-state index in [0.29, 0.717) is 0 Å². The zero-order valence-corrected chi connectivity index (χ0v) is 10.8. The SMILES string of the molecule is CN1CCC(N2CCOC3(CN(N)C3)C2)CC1. The van der Waals surface area contributed by atoms with Crippen molar-refractivity contribution in [2.75, 3.05) is 52.9 Å². The molecule has 0 aromatic carbocycles. The molecule has 1 spiro atoms. The van der Waals surface area contributed by atoms with E-state index in [-0.39, 0.29) is 5.60 Å². The quantitative estimate of drug-likeness (QED) is 0.617. The fourth-order valence-corrected chi connectivity index (χ4v) is 3.43. The molecular weight excluding hydrogens is 216 g/mol. The molecule has 5 heteroatoms. The number of likely N-dealkylation sites (tertiary alicyclic amines) is 1. The van der Waals surface area contributed by atoms with Crippen LogP contribution >= 0.6 is 0 Å². The average molecular weight is 240 g/mol. The van der Waals surface area contributed by atoms with Gasteiger partial charge in [-0.15, -0.1) is 0 Å². The van der Waals surface area contributed by atoms with Crippen molar-refractivity contribution >= 4 is 0 Å². The Morgan fingerprint density at radius 1 is 1.12 bits per heavy atom. The lowest BCUT2D eigenvalue weighted by Gasteiger charge is -2.54. The van der Waals surface area contributed by atoms with Gasteiger partial charge in [-0.25, -0.2) is 5.01 Å². The molecule has 3 aliphatic rings. The Balaban J connectivity index is 1.57. The van der Waals surface area contributed by atoms with Gasteiger partial charge in [0.1, 0.15) is 5.60 Å². The highest BCUT2D eigenvalue weighted by Crippen LogP contribution is 2.29. The summed E-state index contributed by atoms with van der Waals surface area (Å²) in [5.74, 6) is 5.75. The number of nitrogens with two attached hydrogens (primary N) is 1. The maximum atomic E-state index is 5.94. The number of rotatable bonds is 1. The van der Waals surface area contributed by atoms with Gasteiger partial charge in [-0.2, -0.15) is 0 Å². The van der Waals surface area contributed by atoms with Gasteiger partial charge in [0, 0.05) is 32.2 Å². The number of piperidine rings is 1. The second kappa shape index (κ2) is 4.48. The Labute approximate surface area is 103 Å². The van der Waals surface area contributed by atoms with Gasteiger partial charge in [0.15, 0.2) is 0 Å². The first-order valence-corrected chi connectivity index (χ1v) is 6.73. The van der Waals surface area contributed by atoms with E-state index < -0.39 is 0 Å². The van der Waals surface area contributed by atoms with Gasteiger partial charge in [-0.3, -0.25) is 10.7 Å². The molecule has 98 valence electrons. The van der Waals surface area contributed by atoms with E-state index >= 15 is 0 Å². The van der Waals surface area contributed by atoms with Crippen LogP contribution in [0.3, 0.4) is 0 Å². The average Bonchev–Trinajstić information content (AvgIpc) is 2.28. The molecule has 0 radical (unpaired) electrons. The third-order valence-corrected chi connectivity index (χ3v) is 4.46. The van der Waals surface area contributed by atoms with Gasteiger partial charge in [0.2, 0.25) is 0 Å². The number of ether oxygens (including phenoxy) is 1. The molecule has 3 rings (SSSR count). The van der Waals surface area contributed by atoms with Crippen LogP contribution in [0.4, 0.5) is 0 Å². The van der Waals surface area contributed by atoms with Crippen LogP contribution in [0.15, 0.2) is 0 Å². The Kier molecular flexibility index (Phi) is 3.13. The molecule has 0 aromatic rings. The van der Waals surface area contributed by atoms with Crippen LogP contribution in [-0.4, -0.2) is 79.4 Å². The predicted molar refractivity (Wildman–Crippen MR) is 66.5 cm³/mol. The Morgan fingerprint density at radius 2 is 1.82 bits per heavy atom. The predicted octanol–water partition coefficient (Wildman–Crippen LogP) is -0.659. The monoisotopic (exact) mass is 240 g/mol. The summed E-state index contributed by atoms with van der Waals surface area (Å²) < 4.78 is 5.94. The van der Waals surface area contributed by atoms with Crippen LogP contribution < -0.4 is 5.84 Å². The van der Waals surface area contributed by atoms with Crippen molar-refractivity contribution in [2.24, 2.45) is 5.84 Å². The first-order valence-electron chi connectivity index (χ1n) is 6.73. The molecule has 17 heavy (non-hydrogen) atoms. The zero-order valence-electron chi connectivity index (χ0n) is 10.8. The lowest BCUT2D eigenvalue weighted by molar-refractivity contribution is -0.191. The molecule has 0 bridgehead atoms. The van der Waals surface area contributed by atoms with E-state index in [9.17, 15) is 0 Å². The minimum atomic E-state index is 0.0519. The van der Waals surface area contributed by atoms with Crippen LogP contribution in [0.1, 0.15) is 12.8 Å². The highest BCUT2D eigenvalue weighted by Gasteiger charge is 2.47. The minimum Gasteiger partial charge on any atom is -0.370 e. The summed E-state index contributed by atoms with van der Waals surface area (Å²) in [5.41, 5.74) is 0.0519. The van der Waals surface area contributed by atoms with Crippen molar-refractivity contribution in [3.8, 4) is 0 Å². The van der Waals surface area contributed by atoms with E-state index in [1.165, 1.54) is 25.9 Å². The van der Waals surface area contributed by atoms with Crippen LogP contribution in [-0.2, 0) is 4.74 Å². The van der Waals surface area contributed by atoms with E-state index in [4.69, 9.17) is 10.6 Å². The minimum absolute atomic E-state index is 0.0519. The second-order valence-corrected chi connectivity index (χ2v) is 5.94. The van der Waals surface area contributed by atoms with Crippen molar-refractivity contribution in [3.63, 3.8) is 0 Å². The molecule has 0 atom stereocenters. The van der Waals surface area contributed by atoms with Crippen LogP contribution in [0.25, 0.3) is 0 Å². The Bertz CT molecular complexity index is 266. The van der Waals surface area contributed by atoms with E-state index in [2.05, 4.69) is 16.8 Å². The van der Waals surface area contributed by atoms with Crippen molar-refractivity contribution in [3.05, 3.63) is 0 Å². The summed E-state index contributed by atoms with van der Waals surface area (Å²) in [7, 11) is 2.22. The lowest BCUT2D eigenvalue weighted by atomic mass is 9.91. The molecular formula is C12H24N4O. The maximum absolute atomic E-state index is 5.94. The summed E-state index contributed by atoms with van der Waals surface area (Å²) in [5, 5.41) is 1.86. The van der Waals surface area contributed by atoms with Crippen molar-refractivity contribution in [1.29, 1.82) is 0 Å². The Hall–Kier alpha value is -0.200. The van der Waals surface area contributed by atoms with Gasteiger partial charge >= 0.3 is 0 Å². The molecule has 0 aromatic heterocycles. The van der Waals surface area contributed by atoms with E-state index in [1.807, 2.05) is 5.01 Å². The number of hydrogen-bond donors (Lipinski definition) is 1. The third-order valence-electron chi connectivity index (χ3n) is 4.46. The Morgan fingerprint density at radius 3 is 2.47 bits per heavy atom. The summed E-state index contributed by atoms with van der Waals surface area (Å²) in [6, 6.07) is 0.763. The molecule has 2 N–H and O–H groups in total. The molecule has 0 aliphatic carbocycles. The number of hydrogen-bond acceptors (Lipinski definition) is 5. The number of hydrazine groups is 1. The van der Waals surface area contributed by atoms with Crippen molar-refractivity contribution in [2.45, 2.75) is 24.5 Å². The normalized spacial score (nSPS) is 32.8. The fraction of sp³-hybridized carbons (Fsp3) is 1.00. The fourth-order valence-electron chi connectivity index (χ4n) is 3.43. The largest absolute Gasteiger partial charge is 0.370 e. The lowest BCUT2D eigenvalue weighted by Crippen LogP contribution is -2.72. The summed E-state index contributed by atoms with van der Waals surface area (Å²) in [4.78, 5) is 5.07. The number of nitrogens with zero attached hydrogens (tertiary/aromatic N) is 3. The molecule has 3 heterocycles. The topological polar surface area (TPSA) is 45.0 Å².